The predicted molar refractivity (Wildman–Crippen MR) is 110 cm³/mol. The molecule has 1 N–H and O–H groups in total. The van der Waals surface area contributed by atoms with E-state index in [9.17, 15) is 14.9 Å². The molecule has 9 heteroatoms. The molecule has 9 nitrogen and oxygen atoms in total. The summed E-state index contributed by atoms with van der Waals surface area (Å²) in [7, 11) is 1.47. The second-order valence-electron chi connectivity index (χ2n) is 6.62. The van der Waals surface area contributed by atoms with Crippen LogP contribution >= 0.6 is 0 Å². The van der Waals surface area contributed by atoms with E-state index in [2.05, 4.69) is 5.32 Å². The van der Waals surface area contributed by atoms with E-state index in [4.69, 9.17) is 18.6 Å². The third-order valence-electron chi connectivity index (χ3n) is 4.58. The van der Waals surface area contributed by atoms with E-state index < -0.39 is 5.91 Å². The zero-order valence-electron chi connectivity index (χ0n) is 17.1. The van der Waals surface area contributed by atoms with Crippen molar-refractivity contribution in [2.75, 3.05) is 40.0 Å². The quantitative estimate of drug-likeness (QED) is 0.506. The summed E-state index contributed by atoms with van der Waals surface area (Å²) in [6, 6.07) is 10.3. The molecule has 2 aromatic rings. The molecule has 2 amide bonds. The molecular weight excluding hydrogens is 402 g/mol. The Bertz CT molecular complexity index is 972. The maximum Gasteiger partial charge on any atom is 0.262 e. The van der Waals surface area contributed by atoms with Gasteiger partial charge < -0.3 is 28.8 Å². The number of hydrogen-bond acceptors (Lipinski definition) is 7. The number of methoxy groups -OCH3 is 1. The number of nitriles is 1. The number of nitrogens with zero attached hydrogens (tertiary/aromatic N) is 2. The molecule has 0 bridgehead atoms. The van der Waals surface area contributed by atoms with Gasteiger partial charge in [0.05, 0.1) is 33.1 Å². The fourth-order valence-electron chi connectivity index (χ4n) is 2.93. The molecule has 31 heavy (non-hydrogen) atoms. The number of benzene rings is 1. The molecular formula is C22H23N3O6. The van der Waals surface area contributed by atoms with E-state index in [1.165, 1.54) is 19.4 Å². The number of furan rings is 1. The van der Waals surface area contributed by atoms with Gasteiger partial charge in [-0.05, 0) is 35.9 Å². The Kier molecular flexibility index (Phi) is 7.67. The average Bonchev–Trinajstić information content (AvgIpc) is 3.34. The third kappa shape index (κ3) is 6.10. The first-order chi connectivity index (χ1) is 15.1. The molecule has 1 aromatic heterocycles. The van der Waals surface area contributed by atoms with Crippen LogP contribution in [0.4, 0.5) is 0 Å². The molecule has 1 saturated heterocycles. The van der Waals surface area contributed by atoms with Gasteiger partial charge in [-0.1, -0.05) is 6.07 Å². The third-order valence-corrected chi connectivity index (χ3v) is 4.58. The van der Waals surface area contributed by atoms with Gasteiger partial charge >= 0.3 is 0 Å². The minimum absolute atomic E-state index is 0.0650. The Balaban J connectivity index is 1.63. The highest BCUT2D eigenvalue weighted by molar-refractivity contribution is 6.01. The zero-order chi connectivity index (χ0) is 22.1. The van der Waals surface area contributed by atoms with Crippen LogP contribution in [-0.2, 0) is 20.9 Å². The molecule has 0 radical (unpaired) electrons. The van der Waals surface area contributed by atoms with Crippen LogP contribution in [0.3, 0.4) is 0 Å². The Morgan fingerprint density at radius 1 is 1.26 bits per heavy atom. The summed E-state index contributed by atoms with van der Waals surface area (Å²) in [6.45, 7) is 2.19. The number of nitrogens with one attached hydrogen (secondary N) is 1. The Morgan fingerprint density at radius 3 is 2.74 bits per heavy atom. The van der Waals surface area contributed by atoms with E-state index in [1.807, 2.05) is 6.07 Å². The van der Waals surface area contributed by atoms with Crippen LogP contribution in [0.5, 0.6) is 11.5 Å². The molecule has 2 heterocycles. The first-order valence-electron chi connectivity index (χ1n) is 9.69. The van der Waals surface area contributed by atoms with Crippen molar-refractivity contribution in [3.05, 3.63) is 53.5 Å². The summed E-state index contributed by atoms with van der Waals surface area (Å²) in [5, 5.41) is 12.0. The first kappa shape index (κ1) is 21.9. The van der Waals surface area contributed by atoms with Crippen molar-refractivity contribution in [1.29, 1.82) is 5.26 Å². The van der Waals surface area contributed by atoms with Crippen molar-refractivity contribution >= 4 is 17.9 Å². The number of morpholine rings is 1. The molecule has 0 unspecified atom stereocenters. The zero-order valence-corrected chi connectivity index (χ0v) is 17.1. The van der Waals surface area contributed by atoms with E-state index >= 15 is 0 Å². The van der Waals surface area contributed by atoms with Gasteiger partial charge in [0.1, 0.15) is 17.4 Å². The smallest absolute Gasteiger partial charge is 0.262 e. The van der Waals surface area contributed by atoms with Crippen molar-refractivity contribution in [2.45, 2.75) is 6.54 Å². The summed E-state index contributed by atoms with van der Waals surface area (Å²) in [4.78, 5) is 26.2. The minimum Gasteiger partial charge on any atom is -0.493 e. The van der Waals surface area contributed by atoms with Crippen LogP contribution < -0.4 is 14.8 Å². The van der Waals surface area contributed by atoms with E-state index in [0.29, 0.717) is 49.1 Å². The van der Waals surface area contributed by atoms with Gasteiger partial charge in [-0.15, -0.1) is 0 Å². The van der Waals surface area contributed by atoms with E-state index in [1.54, 1.807) is 35.2 Å². The highest BCUT2D eigenvalue weighted by Gasteiger charge is 2.18. The number of amides is 2. The van der Waals surface area contributed by atoms with E-state index in [0.717, 1.165) is 0 Å². The number of carbonyl (C=O) groups is 2. The molecule has 0 aliphatic carbocycles. The molecule has 3 rings (SSSR count). The molecule has 1 aliphatic rings. The lowest BCUT2D eigenvalue weighted by Gasteiger charge is -2.26. The van der Waals surface area contributed by atoms with Crippen LogP contribution in [0.15, 0.2) is 46.6 Å². The topological polar surface area (TPSA) is 114 Å². The lowest BCUT2D eigenvalue weighted by Crippen LogP contribution is -2.43. The second kappa shape index (κ2) is 10.8. The number of rotatable bonds is 8. The van der Waals surface area contributed by atoms with Crippen molar-refractivity contribution in [3.63, 3.8) is 0 Å². The first-order valence-corrected chi connectivity index (χ1v) is 9.69. The van der Waals surface area contributed by atoms with Crippen molar-refractivity contribution < 1.29 is 28.2 Å². The van der Waals surface area contributed by atoms with E-state index in [-0.39, 0.29) is 24.6 Å². The van der Waals surface area contributed by atoms with Gasteiger partial charge in [-0.25, -0.2) is 0 Å². The van der Waals surface area contributed by atoms with Gasteiger partial charge in [0, 0.05) is 13.1 Å². The van der Waals surface area contributed by atoms with Crippen LogP contribution in [0, 0.1) is 11.3 Å². The SMILES string of the molecule is COc1cc(/C=C(\C#N)C(=O)NCc2ccco2)ccc1OCC(=O)N1CCOCC1. The van der Waals surface area contributed by atoms with Gasteiger partial charge in [-0.2, -0.15) is 5.26 Å². The minimum atomic E-state index is -0.519. The summed E-state index contributed by atoms with van der Waals surface area (Å²) >= 11 is 0. The maximum absolute atomic E-state index is 12.3. The average molecular weight is 425 g/mol. The maximum atomic E-state index is 12.3. The Hall–Kier alpha value is -3.77. The lowest BCUT2D eigenvalue weighted by molar-refractivity contribution is -0.137. The number of hydrogen-bond donors (Lipinski definition) is 1. The van der Waals surface area contributed by atoms with Crippen LogP contribution in [-0.4, -0.2) is 56.7 Å². The van der Waals surface area contributed by atoms with Gasteiger partial charge in [-0.3, -0.25) is 9.59 Å². The second-order valence-corrected chi connectivity index (χ2v) is 6.62. The fourth-order valence-corrected chi connectivity index (χ4v) is 2.93. The standard InChI is InChI=1S/C22H23N3O6/c1-28-20-12-16(11-17(13-23)22(27)24-14-18-3-2-8-30-18)4-5-19(20)31-15-21(26)25-6-9-29-10-7-25/h2-5,8,11-12H,6-7,9-10,14-15H2,1H3,(H,24,27)/b17-11+. The number of ether oxygens (including phenoxy) is 3. The lowest BCUT2D eigenvalue weighted by atomic mass is 10.1. The molecule has 1 aliphatic heterocycles. The summed E-state index contributed by atoms with van der Waals surface area (Å²) in [6.07, 6.45) is 2.95. The van der Waals surface area contributed by atoms with Crippen molar-refractivity contribution in [3.8, 4) is 17.6 Å². The van der Waals surface area contributed by atoms with Gasteiger partial charge in [0.15, 0.2) is 18.1 Å². The number of carbonyl (C=O) groups excluding carboxylic acids is 2. The predicted octanol–water partition coefficient (Wildman–Crippen LogP) is 1.75. The van der Waals surface area contributed by atoms with Crippen LogP contribution in [0.1, 0.15) is 11.3 Å². The molecule has 1 fully saturated rings. The normalized spacial score (nSPS) is 13.9. The van der Waals surface area contributed by atoms with Crippen LogP contribution in [0.2, 0.25) is 0 Å². The summed E-state index contributed by atoms with van der Waals surface area (Å²) < 4.78 is 21.4. The molecule has 162 valence electrons. The summed E-state index contributed by atoms with van der Waals surface area (Å²) in [5.41, 5.74) is 0.512. The highest BCUT2D eigenvalue weighted by Crippen LogP contribution is 2.29. The molecule has 1 aromatic carbocycles. The van der Waals surface area contributed by atoms with Crippen molar-refractivity contribution in [1.82, 2.24) is 10.2 Å². The Labute approximate surface area is 179 Å². The molecule has 0 atom stereocenters. The Morgan fingerprint density at radius 2 is 2.06 bits per heavy atom. The monoisotopic (exact) mass is 425 g/mol. The van der Waals surface area contributed by atoms with Crippen LogP contribution in [0.25, 0.3) is 6.08 Å². The largest absolute Gasteiger partial charge is 0.493 e. The molecule has 0 spiro atoms. The summed E-state index contributed by atoms with van der Waals surface area (Å²) in [5.74, 6) is 0.711. The molecule has 0 saturated carbocycles. The highest BCUT2D eigenvalue weighted by atomic mass is 16.5. The van der Waals surface area contributed by atoms with Gasteiger partial charge in [0.2, 0.25) is 0 Å². The van der Waals surface area contributed by atoms with Crippen molar-refractivity contribution in [2.24, 2.45) is 0 Å². The fraction of sp³-hybridized carbons (Fsp3) is 0.318. The van der Waals surface area contributed by atoms with Gasteiger partial charge in [0.25, 0.3) is 11.8 Å².